The van der Waals surface area contributed by atoms with Crippen molar-refractivity contribution in [3.05, 3.63) is 42.7 Å². The molecule has 1 saturated carbocycles. The molecule has 1 aromatic heterocycles. The Morgan fingerprint density at radius 3 is 2.80 bits per heavy atom. The van der Waals surface area contributed by atoms with E-state index in [-0.39, 0.29) is 0 Å². The fourth-order valence-corrected chi connectivity index (χ4v) is 3.16. The van der Waals surface area contributed by atoms with E-state index in [0.29, 0.717) is 6.04 Å². The topological polar surface area (TPSA) is 29.9 Å². The molecule has 1 aromatic carbocycles. The second-order valence-corrected chi connectivity index (χ2v) is 5.78. The van der Waals surface area contributed by atoms with Crippen molar-refractivity contribution in [1.29, 1.82) is 0 Å². The van der Waals surface area contributed by atoms with Crippen LogP contribution in [0.1, 0.15) is 39.0 Å². The number of nitrogens with zero attached hydrogens (tertiary/aromatic N) is 2. The molecule has 1 heterocycles. The largest absolute Gasteiger partial charge is 0.382 e. The number of aromatic nitrogens is 2. The van der Waals surface area contributed by atoms with E-state index < -0.39 is 0 Å². The van der Waals surface area contributed by atoms with Crippen molar-refractivity contribution in [1.82, 2.24) is 9.78 Å². The van der Waals surface area contributed by atoms with Crippen molar-refractivity contribution in [2.24, 2.45) is 5.92 Å². The monoisotopic (exact) mass is 269 g/mol. The second kappa shape index (κ2) is 6.12. The van der Waals surface area contributed by atoms with E-state index in [4.69, 9.17) is 0 Å². The fourth-order valence-electron chi connectivity index (χ4n) is 3.16. The summed E-state index contributed by atoms with van der Waals surface area (Å²) >= 11 is 0. The number of nitrogens with one attached hydrogen (secondary N) is 1. The number of rotatable bonds is 4. The van der Waals surface area contributed by atoms with Crippen LogP contribution in [0.25, 0.3) is 5.69 Å². The third-order valence-electron chi connectivity index (χ3n) is 4.37. The molecule has 3 heteroatoms. The molecule has 1 aliphatic carbocycles. The fraction of sp³-hybridized carbons (Fsp3) is 0.471. The molecule has 1 fully saturated rings. The molecule has 0 saturated heterocycles. The predicted molar refractivity (Wildman–Crippen MR) is 83.2 cm³/mol. The maximum Gasteiger partial charge on any atom is 0.0647 e. The standard InChI is InChI=1S/C17H23N3/c1-2-14-5-3-6-16(13-14)19-15-7-9-17(10-8-15)20-12-4-11-18-20/h4,7-12,14,16,19H,2-3,5-6,13H2,1H3. The molecule has 0 amide bonds. The van der Waals surface area contributed by atoms with Crippen molar-refractivity contribution < 1.29 is 0 Å². The lowest BCUT2D eigenvalue weighted by Crippen LogP contribution is -2.27. The molecule has 2 aromatic rings. The lowest BCUT2D eigenvalue weighted by Gasteiger charge is -2.29. The summed E-state index contributed by atoms with van der Waals surface area (Å²) < 4.78 is 1.89. The number of anilines is 1. The quantitative estimate of drug-likeness (QED) is 0.899. The van der Waals surface area contributed by atoms with E-state index in [1.165, 1.54) is 37.8 Å². The van der Waals surface area contributed by atoms with E-state index in [2.05, 4.69) is 41.6 Å². The van der Waals surface area contributed by atoms with Gasteiger partial charge in [0.05, 0.1) is 5.69 Å². The highest BCUT2D eigenvalue weighted by molar-refractivity contribution is 5.49. The Morgan fingerprint density at radius 1 is 1.25 bits per heavy atom. The summed E-state index contributed by atoms with van der Waals surface area (Å²) in [5, 5.41) is 7.94. The molecular weight excluding hydrogens is 246 g/mol. The smallest absolute Gasteiger partial charge is 0.0647 e. The zero-order valence-corrected chi connectivity index (χ0v) is 12.1. The van der Waals surface area contributed by atoms with Crippen molar-refractivity contribution in [3.63, 3.8) is 0 Å². The van der Waals surface area contributed by atoms with Crippen molar-refractivity contribution in [2.45, 2.75) is 45.1 Å². The van der Waals surface area contributed by atoms with Gasteiger partial charge in [0, 0.05) is 24.1 Å². The predicted octanol–water partition coefficient (Wildman–Crippen LogP) is 4.25. The summed E-state index contributed by atoms with van der Waals surface area (Å²) in [5.74, 6) is 0.907. The van der Waals surface area contributed by atoms with Gasteiger partial charge in [0.15, 0.2) is 0 Å². The molecule has 0 radical (unpaired) electrons. The highest BCUT2D eigenvalue weighted by Crippen LogP contribution is 2.28. The molecule has 2 atom stereocenters. The lowest BCUT2D eigenvalue weighted by molar-refractivity contribution is 0.327. The molecule has 1 aliphatic rings. The van der Waals surface area contributed by atoms with Crippen LogP contribution < -0.4 is 5.32 Å². The van der Waals surface area contributed by atoms with Crippen LogP contribution in [0.5, 0.6) is 0 Å². The van der Waals surface area contributed by atoms with Gasteiger partial charge in [-0.3, -0.25) is 0 Å². The first-order chi connectivity index (χ1) is 9.85. The summed E-state index contributed by atoms with van der Waals surface area (Å²) in [6, 6.07) is 11.1. The minimum atomic E-state index is 0.643. The first-order valence-corrected chi connectivity index (χ1v) is 7.72. The van der Waals surface area contributed by atoms with Crippen molar-refractivity contribution >= 4 is 5.69 Å². The SMILES string of the molecule is CCC1CCCC(Nc2ccc(-n3cccn3)cc2)C1. The van der Waals surface area contributed by atoms with Gasteiger partial charge < -0.3 is 5.32 Å². The minimum absolute atomic E-state index is 0.643. The molecule has 3 rings (SSSR count). The molecule has 0 aliphatic heterocycles. The average molecular weight is 269 g/mol. The third kappa shape index (κ3) is 3.03. The van der Waals surface area contributed by atoms with Crippen molar-refractivity contribution in [3.8, 4) is 5.69 Å². The first kappa shape index (κ1) is 13.2. The molecule has 3 nitrogen and oxygen atoms in total. The maximum absolute atomic E-state index is 4.25. The molecule has 20 heavy (non-hydrogen) atoms. The Bertz CT molecular complexity index is 516. The van der Waals surface area contributed by atoms with Crippen LogP contribution in [0.4, 0.5) is 5.69 Å². The van der Waals surface area contributed by atoms with Crippen LogP contribution in [0.15, 0.2) is 42.7 Å². The Labute approximate surface area is 121 Å². The van der Waals surface area contributed by atoms with E-state index in [9.17, 15) is 0 Å². The molecular formula is C17H23N3. The second-order valence-electron chi connectivity index (χ2n) is 5.78. The molecule has 0 spiro atoms. The Hall–Kier alpha value is -1.77. The van der Waals surface area contributed by atoms with E-state index in [1.54, 1.807) is 6.20 Å². The van der Waals surface area contributed by atoms with Gasteiger partial charge in [-0.15, -0.1) is 0 Å². The van der Waals surface area contributed by atoms with Gasteiger partial charge in [0.2, 0.25) is 0 Å². The maximum atomic E-state index is 4.25. The highest BCUT2D eigenvalue weighted by atomic mass is 15.3. The summed E-state index contributed by atoms with van der Waals surface area (Å²) in [7, 11) is 0. The number of benzene rings is 1. The molecule has 0 bridgehead atoms. The van der Waals surface area contributed by atoms with Crippen LogP contribution in [0, 0.1) is 5.92 Å². The third-order valence-corrected chi connectivity index (χ3v) is 4.37. The van der Waals surface area contributed by atoms with E-state index >= 15 is 0 Å². The zero-order chi connectivity index (χ0) is 13.8. The van der Waals surface area contributed by atoms with Crippen LogP contribution in [0.2, 0.25) is 0 Å². The van der Waals surface area contributed by atoms with Crippen LogP contribution >= 0.6 is 0 Å². The number of hydrogen-bond acceptors (Lipinski definition) is 2. The highest BCUT2D eigenvalue weighted by Gasteiger charge is 2.20. The van der Waals surface area contributed by atoms with Crippen LogP contribution in [-0.4, -0.2) is 15.8 Å². The Morgan fingerprint density at radius 2 is 2.10 bits per heavy atom. The molecule has 1 N–H and O–H groups in total. The normalized spacial score (nSPS) is 22.6. The van der Waals surface area contributed by atoms with Gasteiger partial charge in [0.1, 0.15) is 0 Å². The van der Waals surface area contributed by atoms with Gasteiger partial charge >= 0.3 is 0 Å². The Kier molecular flexibility index (Phi) is 4.05. The summed E-state index contributed by atoms with van der Waals surface area (Å²) in [4.78, 5) is 0. The summed E-state index contributed by atoms with van der Waals surface area (Å²) in [6.07, 6.45) is 10.5. The number of hydrogen-bond donors (Lipinski definition) is 1. The molecule has 2 unspecified atom stereocenters. The minimum Gasteiger partial charge on any atom is -0.382 e. The first-order valence-electron chi connectivity index (χ1n) is 7.72. The Balaban J connectivity index is 1.63. The zero-order valence-electron chi connectivity index (χ0n) is 12.1. The van der Waals surface area contributed by atoms with Gasteiger partial charge in [-0.1, -0.05) is 26.2 Å². The van der Waals surface area contributed by atoms with Gasteiger partial charge in [-0.2, -0.15) is 5.10 Å². The van der Waals surface area contributed by atoms with E-state index in [0.717, 1.165) is 11.6 Å². The van der Waals surface area contributed by atoms with Crippen LogP contribution in [0.3, 0.4) is 0 Å². The lowest BCUT2D eigenvalue weighted by atomic mass is 9.84. The van der Waals surface area contributed by atoms with Gasteiger partial charge in [0.25, 0.3) is 0 Å². The average Bonchev–Trinajstić information content (AvgIpc) is 3.02. The van der Waals surface area contributed by atoms with Crippen molar-refractivity contribution in [2.75, 3.05) is 5.32 Å². The summed E-state index contributed by atoms with van der Waals surface area (Å²) in [6.45, 7) is 2.31. The van der Waals surface area contributed by atoms with E-state index in [1.807, 2.05) is 16.9 Å². The van der Waals surface area contributed by atoms with Crippen LogP contribution in [-0.2, 0) is 0 Å². The molecule has 106 valence electrons. The van der Waals surface area contributed by atoms with Gasteiger partial charge in [-0.05, 0) is 49.1 Å². The van der Waals surface area contributed by atoms with Gasteiger partial charge in [-0.25, -0.2) is 4.68 Å². The summed E-state index contributed by atoms with van der Waals surface area (Å²) in [5.41, 5.74) is 2.33.